The van der Waals surface area contributed by atoms with E-state index in [4.69, 9.17) is 34.2 Å². The summed E-state index contributed by atoms with van der Waals surface area (Å²) in [5.74, 6) is 4.53. The fraction of sp³-hybridized carbons (Fsp3) is 0.0769. The predicted molar refractivity (Wildman–Crippen MR) is 96.0 cm³/mol. The van der Waals surface area contributed by atoms with Gasteiger partial charge in [-0.15, -0.1) is 17.4 Å². The molecule has 0 fully saturated rings. The summed E-state index contributed by atoms with van der Waals surface area (Å²) in [6, 6.07) is 9.86. The van der Waals surface area contributed by atoms with E-state index in [1.807, 2.05) is 0 Å². The molecule has 0 bridgehead atoms. The van der Waals surface area contributed by atoms with Crippen molar-refractivity contribution in [1.29, 1.82) is 0 Å². The highest BCUT2D eigenvalue weighted by Crippen LogP contribution is 2.07. The van der Waals surface area contributed by atoms with Gasteiger partial charge < -0.3 is 32.5 Å². The number of hydrogen-bond acceptors (Lipinski definition) is 8. The molecule has 0 unspecified atom stereocenters. The van der Waals surface area contributed by atoms with E-state index in [9.17, 15) is 0 Å². The number of aromatic nitrogens is 2. The van der Waals surface area contributed by atoms with Crippen LogP contribution in [0, 0.1) is 6.57 Å². The van der Waals surface area contributed by atoms with Gasteiger partial charge in [0.15, 0.2) is 5.84 Å². The van der Waals surface area contributed by atoms with Crippen LogP contribution < -0.4 is 23.1 Å². The van der Waals surface area contributed by atoms with Crippen LogP contribution in [0.25, 0.3) is 4.85 Å². The Balaban J connectivity index is -0.000000313. The van der Waals surface area contributed by atoms with Gasteiger partial charge in [-0.3, -0.25) is 0 Å². The van der Waals surface area contributed by atoms with E-state index in [1.165, 1.54) is 0 Å². The van der Waals surface area contributed by atoms with Gasteiger partial charge in [-0.05, 0) is 18.2 Å². The Morgan fingerprint density at radius 3 is 1.92 bits per heavy atom. The standard InChI is InChI=1S/C6H8N4O.C6H5N3.CH4.ClH.H3NO/c7-5-3-1-2-4(9-5)6(8)10-11;1-8-6-4-2-3-5(7)9-6;;;1-2/h1-3,11H,(H2,7,9)(H2,8,10);2-4H,(H2,7,9);1H4;1H;2H,1H2. The average molecular weight is 357 g/mol. The van der Waals surface area contributed by atoms with Crippen LogP contribution in [-0.2, 0) is 0 Å². The normalized spacial score (nSPS) is 8.62. The Bertz CT molecular complexity index is 660. The van der Waals surface area contributed by atoms with E-state index in [-0.39, 0.29) is 25.7 Å². The van der Waals surface area contributed by atoms with Gasteiger partial charge in [0.25, 0.3) is 5.82 Å². The zero-order chi connectivity index (χ0) is 17.0. The number of pyridine rings is 2. The number of nitrogen functional groups attached to an aromatic ring is 2. The number of hydrogen-bond donors (Lipinski definition) is 6. The molecule has 0 aromatic carbocycles. The van der Waals surface area contributed by atoms with Gasteiger partial charge in [-0.2, -0.15) is 0 Å². The van der Waals surface area contributed by atoms with Crippen LogP contribution in [0.3, 0.4) is 0 Å². The number of amidine groups is 1. The molecule has 0 aliphatic heterocycles. The van der Waals surface area contributed by atoms with Crippen molar-refractivity contribution >= 4 is 35.7 Å². The molecular formula is C13H21ClN8O2. The third-order valence-corrected chi connectivity index (χ3v) is 2.01. The van der Waals surface area contributed by atoms with Crippen molar-refractivity contribution in [2.45, 2.75) is 7.43 Å². The molecule has 2 heterocycles. The van der Waals surface area contributed by atoms with Crippen LogP contribution >= 0.6 is 12.4 Å². The molecule has 0 amide bonds. The number of halogens is 1. The smallest absolute Gasteiger partial charge is 0.271 e. The number of nitrogens with two attached hydrogens (primary N) is 4. The second-order valence-corrected chi connectivity index (χ2v) is 3.47. The van der Waals surface area contributed by atoms with Crippen LogP contribution in [0.2, 0.25) is 0 Å². The molecule has 0 aliphatic rings. The number of rotatable bonds is 1. The molecule has 132 valence electrons. The lowest BCUT2D eigenvalue weighted by atomic mass is 10.3. The van der Waals surface area contributed by atoms with E-state index in [1.54, 1.807) is 36.4 Å². The van der Waals surface area contributed by atoms with Crippen molar-refractivity contribution in [2.24, 2.45) is 16.8 Å². The molecule has 10 nitrogen and oxygen atoms in total. The van der Waals surface area contributed by atoms with Gasteiger partial charge in [-0.25, -0.2) is 10.9 Å². The summed E-state index contributed by atoms with van der Waals surface area (Å²) in [5, 5.41) is 17.5. The molecule has 0 saturated heterocycles. The summed E-state index contributed by atoms with van der Waals surface area (Å²) >= 11 is 0. The van der Waals surface area contributed by atoms with Crippen molar-refractivity contribution in [3.05, 3.63) is 53.5 Å². The molecule has 0 saturated carbocycles. The Kier molecular flexibility index (Phi) is 15.9. The summed E-state index contributed by atoms with van der Waals surface area (Å²) in [5.41, 5.74) is 16.2. The Labute approximate surface area is 146 Å². The van der Waals surface area contributed by atoms with Gasteiger partial charge in [-0.1, -0.05) is 31.3 Å². The molecule has 0 atom stereocenters. The second-order valence-electron chi connectivity index (χ2n) is 3.47. The van der Waals surface area contributed by atoms with Gasteiger partial charge in [0.05, 0.1) is 0 Å². The fourth-order valence-electron chi connectivity index (χ4n) is 1.15. The van der Waals surface area contributed by atoms with Gasteiger partial charge in [0, 0.05) is 6.07 Å². The fourth-order valence-corrected chi connectivity index (χ4v) is 1.15. The topological polar surface area (TPSA) is 187 Å². The van der Waals surface area contributed by atoms with Crippen molar-refractivity contribution < 1.29 is 10.4 Å². The largest absolute Gasteiger partial charge is 0.409 e. The van der Waals surface area contributed by atoms with E-state index in [2.05, 4.69) is 25.9 Å². The maximum Gasteiger partial charge on any atom is 0.271 e. The molecule has 0 aliphatic carbocycles. The quantitative estimate of drug-likeness (QED) is 0.145. The summed E-state index contributed by atoms with van der Waals surface area (Å²) in [6.07, 6.45) is 0. The molecule has 0 spiro atoms. The highest BCUT2D eigenvalue weighted by atomic mass is 35.5. The van der Waals surface area contributed by atoms with Crippen LogP contribution in [0.1, 0.15) is 13.1 Å². The molecule has 2 rings (SSSR count). The predicted octanol–water partition coefficient (Wildman–Crippen LogP) is 1.37. The third-order valence-electron chi connectivity index (χ3n) is 2.01. The van der Waals surface area contributed by atoms with Crippen molar-refractivity contribution in [3.8, 4) is 0 Å². The maximum atomic E-state index is 8.26. The van der Waals surface area contributed by atoms with Crippen molar-refractivity contribution in [3.63, 3.8) is 0 Å². The monoisotopic (exact) mass is 356 g/mol. The lowest BCUT2D eigenvalue weighted by molar-refractivity contribution is 0.311. The Hall–Kier alpha value is -3.13. The minimum Gasteiger partial charge on any atom is -0.409 e. The molecule has 10 N–H and O–H groups in total. The minimum absolute atomic E-state index is 0. The number of oxime groups is 1. The minimum atomic E-state index is -0.0442. The highest BCUT2D eigenvalue weighted by Gasteiger charge is 1.98. The number of nitrogens with zero attached hydrogens (tertiary/aromatic N) is 4. The first-order chi connectivity index (χ1) is 10.6. The summed E-state index contributed by atoms with van der Waals surface area (Å²) in [4.78, 5) is 10.6. The summed E-state index contributed by atoms with van der Waals surface area (Å²) in [6.45, 7) is 6.55. The molecule has 11 heteroatoms. The van der Waals surface area contributed by atoms with Crippen LogP contribution in [0.4, 0.5) is 17.5 Å². The first-order valence-corrected chi connectivity index (χ1v) is 5.63. The average Bonchev–Trinajstić information content (AvgIpc) is 2.56. The summed E-state index contributed by atoms with van der Waals surface area (Å²) < 4.78 is 0. The lowest BCUT2D eigenvalue weighted by Crippen LogP contribution is -2.15. The third kappa shape index (κ3) is 9.74. The maximum absolute atomic E-state index is 8.26. The van der Waals surface area contributed by atoms with Gasteiger partial charge >= 0.3 is 0 Å². The van der Waals surface area contributed by atoms with Crippen LogP contribution in [0.5, 0.6) is 0 Å². The van der Waals surface area contributed by atoms with E-state index in [0.29, 0.717) is 23.1 Å². The Morgan fingerprint density at radius 1 is 1.04 bits per heavy atom. The van der Waals surface area contributed by atoms with Crippen LogP contribution in [-0.4, -0.2) is 26.2 Å². The second kappa shape index (κ2) is 14.8. The molecule has 2 aromatic heterocycles. The van der Waals surface area contributed by atoms with Crippen molar-refractivity contribution in [1.82, 2.24) is 9.97 Å². The van der Waals surface area contributed by atoms with Gasteiger partial charge in [0.1, 0.15) is 11.5 Å². The van der Waals surface area contributed by atoms with E-state index < -0.39 is 0 Å². The molecule has 2 aromatic rings. The summed E-state index contributed by atoms with van der Waals surface area (Å²) in [7, 11) is 0. The highest BCUT2D eigenvalue weighted by molar-refractivity contribution is 5.95. The van der Waals surface area contributed by atoms with Crippen LogP contribution in [0.15, 0.2) is 41.6 Å². The number of anilines is 2. The lowest BCUT2D eigenvalue weighted by Gasteiger charge is -1.96. The molecule has 0 radical (unpaired) electrons. The van der Waals surface area contributed by atoms with E-state index >= 15 is 0 Å². The first kappa shape index (κ1) is 25.8. The zero-order valence-corrected chi connectivity index (χ0v) is 12.7. The Morgan fingerprint density at radius 2 is 1.54 bits per heavy atom. The first-order valence-electron chi connectivity index (χ1n) is 5.63. The zero-order valence-electron chi connectivity index (χ0n) is 11.9. The van der Waals surface area contributed by atoms with Gasteiger partial charge in [0.2, 0.25) is 5.82 Å². The SMILES string of the molecule is C.Cl.NC(=NO)c1cccc(N)n1.NO.[C-]#[N+]c1cccc(N)n1. The van der Waals surface area contributed by atoms with Crippen molar-refractivity contribution in [2.75, 3.05) is 11.5 Å². The molecular weight excluding hydrogens is 336 g/mol. The molecule has 24 heavy (non-hydrogen) atoms. The van der Waals surface area contributed by atoms with E-state index in [0.717, 1.165) is 0 Å².